The van der Waals surface area contributed by atoms with Crippen LogP contribution in [0.2, 0.25) is 0 Å². The van der Waals surface area contributed by atoms with Gasteiger partial charge in [-0.3, -0.25) is 19.2 Å². The average molecular weight is 701 g/mol. The minimum atomic E-state index is -0.836. The van der Waals surface area contributed by atoms with E-state index in [9.17, 15) is 24.3 Å². The summed E-state index contributed by atoms with van der Waals surface area (Å²) in [6, 6.07) is -0.836. The molecule has 4 fully saturated rings. The summed E-state index contributed by atoms with van der Waals surface area (Å²) in [5.74, 6) is -1.25. The van der Waals surface area contributed by atoms with Gasteiger partial charge in [0.25, 0.3) is 0 Å². The van der Waals surface area contributed by atoms with E-state index < -0.39 is 58.3 Å². The molecule has 1 saturated heterocycles. The molecule has 3 saturated carbocycles. The highest BCUT2D eigenvalue weighted by atomic mass is 16.6. The van der Waals surface area contributed by atoms with Crippen LogP contribution in [0, 0.1) is 56.7 Å². The standard InChI is InChI=1S/C40H64N2O8/c1-23(2)24(3)36(6)17-18-38(8)27-13-14-31-37(7)21-48-22-40(31,28(27)15-16-39(38,9)32(36)34(45)46)20-30(49-26(5)44)33(37)50-35(47)29(41)12-10-11-19-42-25(4)43/h15,23-24,27,29-33H,10-14,16-22,41H2,1-9H3,(H,42,43)(H,45,46)/t24-,27+,29?,30-,31+,32-,33+,36-,37+,38-,39+,40+/m1/s1. The third-order valence-corrected chi connectivity index (χ3v) is 15.2. The molecule has 4 N–H and O–H groups in total. The summed E-state index contributed by atoms with van der Waals surface area (Å²) in [6.07, 6.45) is 7.56. The van der Waals surface area contributed by atoms with E-state index in [-0.39, 0.29) is 34.5 Å². The van der Waals surface area contributed by atoms with Gasteiger partial charge in [0, 0.05) is 31.2 Å². The van der Waals surface area contributed by atoms with Crippen molar-refractivity contribution < 1.29 is 38.5 Å². The van der Waals surface area contributed by atoms with E-state index in [4.69, 9.17) is 19.9 Å². The summed E-state index contributed by atoms with van der Waals surface area (Å²) in [7, 11) is 0. The highest BCUT2D eigenvalue weighted by Gasteiger charge is 2.72. The Balaban J connectivity index is 1.47. The van der Waals surface area contributed by atoms with Crippen LogP contribution in [-0.4, -0.2) is 66.9 Å². The Morgan fingerprint density at radius 1 is 1.00 bits per heavy atom. The number of rotatable bonds is 11. The Kier molecular flexibility index (Phi) is 10.7. The number of allylic oxidation sites excluding steroid dienone is 1. The fraction of sp³-hybridized carbons (Fsp3) is 0.850. The molecule has 1 heterocycles. The molecule has 0 radical (unpaired) electrons. The summed E-state index contributed by atoms with van der Waals surface area (Å²) in [6.45, 7) is 19.9. The van der Waals surface area contributed by atoms with Gasteiger partial charge in [-0.05, 0) is 97.7 Å². The van der Waals surface area contributed by atoms with E-state index in [0.29, 0.717) is 57.8 Å². The number of fused-ring (bicyclic) bond motifs is 3. The van der Waals surface area contributed by atoms with Gasteiger partial charge in [0.1, 0.15) is 18.2 Å². The molecular weight excluding hydrogens is 636 g/mol. The maximum absolute atomic E-state index is 13.5. The monoisotopic (exact) mass is 700 g/mol. The van der Waals surface area contributed by atoms with Crippen molar-refractivity contribution in [2.75, 3.05) is 19.8 Å². The Bertz CT molecular complexity index is 1380. The largest absolute Gasteiger partial charge is 0.481 e. The maximum Gasteiger partial charge on any atom is 0.323 e. The van der Waals surface area contributed by atoms with E-state index in [1.165, 1.54) is 19.4 Å². The third kappa shape index (κ3) is 6.12. The molecule has 0 aromatic heterocycles. The molecule has 4 aliphatic carbocycles. The molecule has 50 heavy (non-hydrogen) atoms. The average Bonchev–Trinajstić information content (AvgIpc) is 3.02. The molecule has 12 atom stereocenters. The SMILES string of the molecule is CC(=O)NCCCCC(N)C(=O)O[C@H]1[C@H](OC(C)=O)C[C@@]23COC[C@@]1(C)[C@@H]2CC[C@H]1C3=CC[C@@]2(C)[C@H](C(=O)O)[C@@](C)([C@H](C)C(C)C)CC[C@]12C. The third-order valence-electron chi connectivity index (χ3n) is 15.2. The van der Waals surface area contributed by atoms with Crippen LogP contribution in [0.15, 0.2) is 11.6 Å². The quantitative estimate of drug-likeness (QED) is 0.133. The van der Waals surface area contributed by atoms with Crippen LogP contribution in [0.25, 0.3) is 0 Å². The van der Waals surface area contributed by atoms with Gasteiger partial charge < -0.3 is 30.4 Å². The summed E-state index contributed by atoms with van der Waals surface area (Å²) in [5.41, 5.74) is 5.63. The lowest BCUT2D eigenvalue weighted by molar-refractivity contribution is -0.263. The van der Waals surface area contributed by atoms with Gasteiger partial charge in [-0.2, -0.15) is 0 Å². The lowest BCUT2D eigenvalue weighted by atomic mass is 9.34. The van der Waals surface area contributed by atoms with Crippen molar-refractivity contribution >= 4 is 23.8 Å². The zero-order chi connectivity index (χ0) is 37.0. The fourth-order valence-corrected chi connectivity index (χ4v) is 12.2. The Hall–Kier alpha value is -2.46. The number of hydrogen-bond donors (Lipinski definition) is 3. The lowest BCUT2D eigenvalue weighted by Crippen LogP contribution is -2.70. The molecular formula is C40H64N2O8. The number of carboxylic acid groups (broad SMARTS) is 1. The topological polar surface area (TPSA) is 154 Å². The number of nitrogens with two attached hydrogens (primary N) is 1. The summed E-state index contributed by atoms with van der Waals surface area (Å²) in [5, 5.41) is 13.7. The number of aliphatic carboxylic acids is 1. The van der Waals surface area contributed by atoms with E-state index in [1.807, 2.05) is 0 Å². The van der Waals surface area contributed by atoms with Gasteiger partial charge in [0.2, 0.25) is 5.91 Å². The number of nitrogens with one attached hydrogen (secondary N) is 1. The van der Waals surface area contributed by atoms with Gasteiger partial charge in [-0.25, -0.2) is 0 Å². The number of carbonyl (C=O) groups excluding carboxylic acids is 3. The summed E-state index contributed by atoms with van der Waals surface area (Å²) < 4.78 is 18.8. The van der Waals surface area contributed by atoms with Crippen molar-refractivity contribution in [3.05, 3.63) is 11.6 Å². The first-order valence-corrected chi connectivity index (χ1v) is 19.2. The summed E-state index contributed by atoms with van der Waals surface area (Å²) in [4.78, 5) is 50.7. The van der Waals surface area contributed by atoms with Crippen molar-refractivity contribution in [2.24, 2.45) is 62.4 Å². The van der Waals surface area contributed by atoms with Crippen molar-refractivity contribution in [2.45, 2.75) is 138 Å². The molecule has 1 amide bonds. The number of unbranched alkanes of at least 4 members (excludes halogenated alkanes) is 1. The minimum Gasteiger partial charge on any atom is -0.481 e. The van der Waals surface area contributed by atoms with Gasteiger partial charge >= 0.3 is 17.9 Å². The second kappa shape index (κ2) is 13.8. The van der Waals surface area contributed by atoms with Crippen LogP contribution >= 0.6 is 0 Å². The number of esters is 2. The van der Waals surface area contributed by atoms with E-state index >= 15 is 0 Å². The molecule has 282 valence electrons. The minimum absolute atomic E-state index is 0.0925. The van der Waals surface area contributed by atoms with Crippen molar-refractivity contribution in [3.8, 4) is 0 Å². The predicted octanol–water partition coefficient (Wildman–Crippen LogP) is 6.05. The van der Waals surface area contributed by atoms with Gasteiger partial charge in [-0.15, -0.1) is 0 Å². The van der Waals surface area contributed by atoms with Crippen LogP contribution in [0.4, 0.5) is 0 Å². The zero-order valence-electron chi connectivity index (χ0n) is 32.1. The van der Waals surface area contributed by atoms with Crippen molar-refractivity contribution in [1.82, 2.24) is 5.32 Å². The van der Waals surface area contributed by atoms with Crippen molar-refractivity contribution in [1.29, 1.82) is 0 Å². The molecule has 10 nitrogen and oxygen atoms in total. The van der Waals surface area contributed by atoms with Crippen LogP contribution in [0.3, 0.4) is 0 Å². The predicted molar refractivity (Wildman–Crippen MR) is 190 cm³/mol. The van der Waals surface area contributed by atoms with Gasteiger partial charge in [0.05, 0.1) is 19.1 Å². The maximum atomic E-state index is 13.5. The second-order valence-corrected chi connectivity index (χ2v) is 18.1. The first-order valence-electron chi connectivity index (χ1n) is 19.2. The number of amides is 1. The van der Waals surface area contributed by atoms with Crippen LogP contribution in [0.1, 0.15) is 120 Å². The Morgan fingerprint density at radius 3 is 2.32 bits per heavy atom. The van der Waals surface area contributed by atoms with E-state index in [1.54, 1.807) is 0 Å². The van der Waals surface area contributed by atoms with Gasteiger partial charge in [-0.1, -0.05) is 60.1 Å². The highest BCUT2D eigenvalue weighted by molar-refractivity contribution is 5.76. The number of carbonyl (C=O) groups is 4. The first-order chi connectivity index (χ1) is 23.3. The molecule has 0 aromatic rings. The highest BCUT2D eigenvalue weighted by Crippen LogP contribution is 2.75. The lowest BCUT2D eigenvalue weighted by Gasteiger charge is -2.71. The molecule has 0 aromatic carbocycles. The number of hydrogen-bond acceptors (Lipinski definition) is 8. The van der Waals surface area contributed by atoms with Gasteiger partial charge in [0.15, 0.2) is 0 Å². The second-order valence-electron chi connectivity index (χ2n) is 18.1. The van der Waals surface area contributed by atoms with E-state index in [0.717, 1.165) is 25.7 Å². The Labute approximate surface area is 299 Å². The van der Waals surface area contributed by atoms with Crippen LogP contribution in [-0.2, 0) is 33.4 Å². The zero-order valence-corrected chi connectivity index (χ0v) is 32.1. The smallest absolute Gasteiger partial charge is 0.323 e. The summed E-state index contributed by atoms with van der Waals surface area (Å²) >= 11 is 0. The number of ether oxygens (including phenoxy) is 3. The molecule has 5 rings (SSSR count). The molecule has 1 unspecified atom stereocenters. The van der Waals surface area contributed by atoms with Crippen LogP contribution in [0.5, 0.6) is 0 Å². The Morgan fingerprint density at radius 2 is 1.70 bits per heavy atom. The molecule has 1 aliphatic heterocycles. The normalized spacial score (nSPS) is 41.7. The fourth-order valence-electron chi connectivity index (χ4n) is 12.2. The molecule has 10 heteroatoms. The number of carboxylic acids is 1. The molecule has 2 bridgehead atoms. The molecule has 5 aliphatic rings. The first kappa shape index (κ1) is 38.8. The molecule has 0 spiro atoms. The van der Waals surface area contributed by atoms with Crippen molar-refractivity contribution in [3.63, 3.8) is 0 Å². The van der Waals surface area contributed by atoms with Crippen LogP contribution < -0.4 is 11.1 Å². The van der Waals surface area contributed by atoms with E-state index in [2.05, 4.69) is 59.9 Å².